The number of hydrogen-bond donors (Lipinski definition) is 2. The molecule has 10 nitrogen and oxygen atoms in total. The second-order valence-electron chi connectivity index (χ2n) is 3.72. The Labute approximate surface area is 112 Å². The fourth-order valence-electron chi connectivity index (χ4n) is 1.49. The van der Waals surface area contributed by atoms with Crippen LogP contribution in [0.1, 0.15) is 10.5 Å². The molecule has 0 saturated carbocycles. The van der Waals surface area contributed by atoms with E-state index in [0.717, 1.165) is 12.1 Å². The number of carbonyl (C=O) groups is 1. The first-order valence-electron chi connectivity index (χ1n) is 5.54. The average Bonchev–Trinajstić information content (AvgIpc) is 2.91. The van der Waals surface area contributed by atoms with Crippen LogP contribution in [-0.4, -0.2) is 42.5 Å². The molecule has 0 aliphatic heterocycles. The second-order valence-corrected chi connectivity index (χ2v) is 3.72. The highest BCUT2D eigenvalue weighted by atomic mass is 16.6. The number of nitro groups is 1. The summed E-state index contributed by atoms with van der Waals surface area (Å²) in [6.45, 7) is 0.705. The Kier molecular flexibility index (Phi) is 3.84. The number of rotatable bonds is 6. The average molecular weight is 278 g/mol. The lowest BCUT2D eigenvalue weighted by Gasteiger charge is -2.06. The molecule has 0 amide bonds. The van der Waals surface area contributed by atoms with Crippen molar-refractivity contribution in [1.29, 1.82) is 0 Å². The van der Waals surface area contributed by atoms with Gasteiger partial charge in [0.25, 0.3) is 0 Å². The van der Waals surface area contributed by atoms with Gasteiger partial charge < -0.3 is 10.4 Å². The lowest BCUT2D eigenvalue weighted by molar-refractivity contribution is -0.384. The number of nitrogens with one attached hydrogen (secondary N) is 1. The van der Waals surface area contributed by atoms with Crippen molar-refractivity contribution in [2.75, 3.05) is 11.9 Å². The first kappa shape index (κ1) is 13.4. The molecule has 104 valence electrons. The number of aromatic carboxylic acids is 1. The topological polar surface area (TPSA) is 136 Å². The molecule has 0 unspecified atom stereocenters. The maximum absolute atomic E-state index is 10.8. The van der Waals surface area contributed by atoms with E-state index in [-0.39, 0.29) is 17.2 Å². The molecule has 2 aromatic heterocycles. The molecule has 0 atom stereocenters. The fraction of sp³-hybridized carbons (Fsp3) is 0.200. The Hall–Kier alpha value is -3.04. The smallest absolute Gasteiger partial charge is 0.354 e. The molecule has 0 aliphatic carbocycles. The van der Waals surface area contributed by atoms with E-state index in [1.54, 1.807) is 6.20 Å². The van der Waals surface area contributed by atoms with Gasteiger partial charge in [0.15, 0.2) is 5.69 Å². The van der Waals surface area contributed by atoms with E-state index < -0.39 is 10.9 Å². The van der Waals surface area contributed by atoms with Crippen LogP contribution >= 0.6 is 0 Å². The van der Waals surface area contributed by atoms with Crippen molar-refractivity contribution in [2.24, 2.45) is 0 Å². The third-order valence-corrected chi connectivity index (χ3v) is 2.40. The molecule has 2 heterocycles. The minimum absolute atomic E-state index is 0.0879. The van der Waals surface area contributed by atoms with Crippen molar-refractivity contribution in [1.82, 2.24) is 20.0 Å². The summed E-state index contributed by atoms with van der Waals surface area (Å²) in [6.07, 6.45) is 3.14. The van der Waals surface area contributed by atoms with Crippen molar-refractivity contribution in [3.8, 4) is 0 Å². The molecule has 2 aromatic rings. The molecule has 20 heavy (non-hydrogen) atoms. The van der Waals surface area contributed by atoms with Gasteiger partial charge in [-0.1, -0.05) is 5.21 Å². The highest BCUT2D eigenvalue weighted by Crippen LogP contribution is 2.21. The summed E-state index contributed by atoms with van der Waals surface area (Å²) in [5.41, 5.74) is -0.549. The summed E-state index contributed by atoms with van der Waals surface area (Å²) in [5.74, 6) is -1.34. The van der Waals surface area contributed by atoms with Crippen LogP contribution < -0.4 is 5.32 Å². The van der Waals surface area contributed by atoms with Crippen molar-refractivity contribution >= 4 is 17.5 Å². The van der Waals surface area contributed by atoms with Crippen LogP contribution in [0.3, 0.4) is 0 Å². The van der Waals surface area contributed by atoms with Gasteiger partial charge in [-0.2, -0.15) is 0 Å². The van der Waals surface area contributed by atoms with Crippen molar-refractivity contribution in [2.45, 2.75) is 6.54 Å². The van der Waals surface area contributed by atoms with Gasteiger partial charge in [-0.3, -0.25) is 14.8 Å². The van der Waals surface area contributed by atoms with E-state index in [4.69, 9.17) is 5.11 Å². The second kappa shape index (κ2) is 5.73. The van der Waals surface area contributed by atoms with E-state index in [1.165, 1.54) is 10.9 Å². The number of aromatic nitrogens is 4. The molecule has 0 aliphatic rings. The van der Waals surface area contributed by atoms with Crippen molar-refractivity contribution < 1.29 is 14.8 Å². The van der Waals surface area contributed by atoms with Crippen LogP contribution in [0, 0.1) is 10.1 Å². The summed E-state index contributed by atoms with van der Waals surface area (Å²) in [5, 5.41) is 29.7. The Morgan fingerprint density at radius 2 is 2.30 bits per heavy atom. The molecule has 0 aromatic carbocycles. The van der Waals surface area contributed by atoms with Crippen LogP contribution in [0.15, 0.2) is 24.5 Å². The lowest BCUT2D eigenvalue weighted by Crippen LogP contribution is -2.14. The molecule has 0 radical (unpaired) electrons. The summed E-state index contributed by atoms with van der Waals surface area (Å²) >= 11 is 0. The summed E-state index contributed by atoms with van der Waals surface area (Å²) in [6, 6.07) is 2.19. The number of carboxylic acids is 1. The first-order chi connectivity index (χ1) is 9.58. The van der Waals surface area contributed by atoms with Crippen LogP contribution in [0.5, 0.6) is 0 Å². The predicted octanol–water partition coefficient (Wildman–Crippen LogP) is 0.392. The van der Waals surface area contributed by atoms with E-state index in [2.05, 4.69) is 20.6 Å². The zero-order valence-electron chi connectivity index (χ0n) is 10.1. The highest BCUT2D eigenvalue weighted by Gasteiger charge is 2.17. The molecule has 0 fully saturated rings. The standard InChI is InChI=1S/C10H10N6O4/c17-10(18)7-1-2-8(16(19)20)9(13-7)11-3-5-15-6-4-12-14-15/h1-2,4,6H,3,5H2,(H,11,13)(H,17,18). The Bertz CT molecular complexity index is 627. The number of nitrogens with zero attached hydrogens (tertiary/aromatic N) is 5. The number of anilines is 1. The number of pyridine rings is 1. The number of carboxylic acid groups (broad SMARTS) is 1. The Morgan fingerprint density at radius 1 is 1.50 bits per heavy atom. The predicted molar refractivity (Wildman–Crippen MR) is 66.4 cm³/mol. The molecule has 0 bridgehead atoms. The zero-order chi connectivity index (χ0) is 14.5. The van der Waals surface area contributed by atoms with E-state index >= 15 is 0 Å². The van der Waals surface area contributed by atoms with Gasteiger partial charge in [-0.05, 0) is 6.07 Å². The molecule has 2 N–H and O–H groups in total. The monoisotopic (exact) mass is 278 g/mol. The molecule has 2 rings (SSSR count). The number of hydrogen-bond acceptors (Lipinski definition) is 7. The molecule has 0 spiro atoms. The van der Waals surface area contributed by atoms with Crippen molar-refractivity contribution in [3.63, 3.8) is 0 Å². The maximum atomic E-state index is 10.8. The van der Waals surface area contributed by atoms with E-state index in [0.29, 0.717) is 13.1 Å². The van der Waals surface area contributed by atoms with Crippen LogP contribution in [0.4, 0.5) is 11.5 Å². The van der Waals surface area contributed by atoms with E-state index in [1.807, 2.05) is 0 Å². The maximum Gasteiger partial charge on any atom is 0.354 e. The fourth-order valence-corrected chi connectivity index (χ4v) is 1.49. The van der Waals surface area contributed by atoms with Gasteiger partial charge in [0.1, 0.15) is 0 Å². The highest BCUT2D eigenvalue weighted by molar-refractivity contribution is 5.86. The minimum atomic E-state index is -1.25. The Morgan fingerprint density at radius 3 is 2.90 bits per heavy atom. The van der Waals surface area contributed by atoms with Gasteiger partial charge in [-0.15, -0.1) is 5.10 Å². The summed E-state index contributed by atoms with van der Waals surface area (Å²) in [4.78, 5) is 24.7. The van der Waals surface area contributed by atoms with Gasteiger partial charge in [0, 0.05) is 18.8 Å². The quantitative estimate of drug-likeness (QED) is 0.572. The van der Waals surface area contributed by atoms with Crippen LogP contribution in [0.25, 0.3) is 0 Å². The Balaban J connectivity index is 2.13. The summed E-state index contributed by atoms with van der Waals surface area (Å²) < 4.78 is 1.53. The minimum Gasteiger partial charge on any atom is -0.477 e. The molecule has 10 heteroatoms. The summed E-state index contributed by atoms with van der Waals surface area (Å²) in [7, 11) is 0. The van der Waals surface area contributed by atoms with E-state index in [9.17, 15) is 14.9 Å². The molecule has 0 saturated heterocycles. The van der Waals surface area contributed by atoms with Gasteiger partial charge in [0.05, 0.1) is 17.7 Å². The van der Waals surface area contributed by atoms with Gasteiger partial charge in [-0.25, -0.2) is 9.78 Å². The third-order valence-electron chi connectivity index (χ3n) is 2.40. The largest absolute Gasteiger partial charge is 0.477 e. The lowest BCUT2D eigenvalue weighted by atomic mass is 10.3. The first-order valence-corrected chi connectivity index (χ1v) is 5.54. The van der Waals surface area contributed by atoms with Crippen LogP contribution in [0.2, 0.25) is 0 Å². The van der Waals surface area contributed by atoms with Gasteiger partial charge in [0.2, 0.25) is 5.82 Å². The normalized spacial score (nSPS) is 10.2. The SMILES string of the molecule is O=C(O)c1ccc([N+](=O)[O-])c(NCCn2ccnn2)n1. The molecular weight excluding hydrogens is 268 g/mol. The van der Waals surface area contributed by atoms with Crippen LogP contribution in [-0.2, 0) is 6.54 Å². The van der Waals surface area contributed by atoms with Crippen molar-refractivity contribution in [3.05, 3.63) is 40.3 Å². The third kappa shape index (κ3) is 3.04. The van der Waals surface area contributed by atoms with Gasteiger partial charge >= 0.3 is 11.7 Å². The molecular formula is C10H10N6O4. The zero-order valence-corrected chi connectivity index (χ0v) is 10.1.